The number of carbonyl (C=O) groups excluding carboxylic acids is 1. The molecule has 3 rings (SSSR count). The largest absolute Gasteiger partial charge is 0.481 e. The van der Waals surface area contributed by atoms with Crippen LogP contribution in [0.25, 0.3) is 0 Å². The molecule has 2 aromatic carbocycles. The van der Waals surface area contributed by atoms with E-state index in [0.29, 0.717) is 29.6 Å². The number of nitrogens with one attached hydrogen (secondary N) is 1. The van der Waals surface area contributed by atoms with Crippen LogP contribution in [0.15, 0.2) is 60.7 Å². The Morgan fingerprint density at radius 1 is 1.19 bits per heavy atom. The first-order valence-electron chi connectivity index (χ1n) is 8.86. The number of para-hydroxylation sites is 1. The lowest BCUT2D eigenvalue weighted by Gasteiger charge is -2.16. The van der Waals surface area contributed by atoms with Crippen molar-refractivity contribution in [2.75, 3.05) is 5.32 Å². The van der Waals surface area contributed by atoms with Gasteiger partial charge in [0.2, 0.25) is 0 Å². The first-order valence-corrected chi connectivity index (χ1v) is 9.24. The number of aromatic nitrogens is 2. The van der Waals surface area contributed by atoms with Crippen molar-refractivity contribution >= 4 is 23.3 Å². The molecule has 0 saturated carbocycles. The van der Waals surface area contributed by atoms with E-state index in [4.69, 9.17) is 16.3 Å². The number of nitrogens with zero attached hydrogens (tertiary/aromatic N) is 2. The smallest absolute Gasteiger partial charge is 0.266 e. The molecular weight excluding hydrogens is 362 g/mol. The van der Waals surface area contributed by atoms with E-state index in [-0.39, 0.29) is 5.91 Å². The highest BCUT2D eigenvalue weighted by molar-refractivity contribution is 6.30. The molecule has 1 N–H and O–H groups in total. The summed E-state index contributed by atoms with van der Waals surface area (Å²) in [6, 6.07) is 18.8. The van der Waals surface area contributed by atoms with Gasteiger partial charge < -0.3 is 10.1 Å². The monoisotopic (exact) mass is 383 g/mol. The highest BCUT2D eigenvalue weighted by Crippen LogP contribution is 2.16. The second-order valence-electron chi connectivity index (χ2n) is 6.27. The van der Waals surface area contributed by atoms with Crippen LogP contribution in [0.2, 0.25) is 5.02 Å². The topological polar surface area (TPSA) is 56.1 Å². The maximum Gasteiger partial charge on any atom is 0.266 e. The molecule has 0 radical (unpaired) electrons. The Morgan fingerprint density at radius 3 is 2.56 bits per heavy atom. The fourth-order valence-electron chi connectivity index (χ4n) is 2.69. The maximum absolute atomic E-state index is 12.6. The van der Waals surface area contributed by atoms with Crippen LogP contribution in [0.3, 0.4) is 0 Å². The van der Waals surface area contributed by atoms with E-state index in [1.54, 1.807) is 0 Å². The molecule has 1 heterocycles. The molecular formula is C21H22ClN3O2. The summed E-state index contributed by atoms with van der Waals surface area (Å²) in [5.74, 6) is 0.975. The number of ether oxygens (including phenoxy) is 1. The Hall–Kier alpha value is -2.79. The van der Waals surface area contributed by atoms with E-state index >= 15 is 0 Å². The van der Waals surface area contributed by atoms with E-state index < -0.39 is 6.10 Å². The van der Waals surface area contributed by atoms with Gasteiger partial charge in [0, 0.05) is 16.8 Å². The fraction of sp³-hybridized carbons (Fsp3) is 0.238. The van der Waals surface area contributed by atoms with Crippen LogP contribution >= 0.6 is 11.6 Å². The molecule has 0 aliphatic heterocycles. The zero-order chi connectivity index (χ0) is 19.2. The van der Waals surface area contributed by atoms with Gasteiger partial charge in [-0.05, 0) is 43.2 Å². The quantitative estimate of drug-likeness (QED) is 0.644. The number of amides is 1. The predicted molar refractivity (Wildman–Crippen MR) is 107 cm³/mol. The van der Waals surface area contributed by atoms with Gasteiger partial charge in [-0.25, -0.2) is 0 Å². The number of hydrogen-bond donors (Lipinski definition) is 1. The minimum absolute atomic E-state index is 0.211. The molecule has 3 aromatic rings. The number of hydrogen-bond acceptors (Lipinski definition) is 3. The van der Waals surface area contributed by atoms with Gasteiger partial charge in [0.25, 0.3) is 5.91 Å². The first-order chi connectivity index (χ1) is 13.0. The molecule has 0 aliphatic carbocycles. The molecule has 1 aromatic heterocycles. The Labute approximate surface area is 163 Å². The van der Waals surface area contributed by atoms with Gasteiger partial charge in [-0.1, -0.05) is 48.9 Å². The normalized spacial score (nSPS) is 11.8. The summed E-state index contributed by atoms with van der Waals surface area (Å²) < 4.78 is 7.63. The van der Waals surface area contributed by atoms with Crippen LogP contribution in [0.5, 0.6) is 5.75 Å². The molecule has 0 saturated heterocycles. The number of aryl methyl sites for hydroxylation is 1. The lowest BCUT2D eigenvalue weighted by atomic mass is 10.2. The second kappa shape index (κ2) is 8.73. The Balaban J connectivity index is 1.66. The Bertz CT molecular complexity index is 892. The fourth-order valence-corrected chi connectivity index (χ4v) is 2.81. The lowest BCUT2D eigenvalue weighted by Crippen LogP contribution is -2.32. The first kappa shape index (κ1) is 19.0. The Morgan fingerprint density at radius 2 is 1.89 bits per heavy atom. The van der Waals surface area contributed by atoms with Crippen molar-refractivity contribution in [2.45, 2.75) is 32.9 Å². The van der Waals surface area contributed by atoms with Crippen molar-refractivity contribution in [1.82, 2.24) is 9.78 Å². The van der Waals surface area contributed by atoms with Crippen LogP contribution < -0.4 is 10.1 Å². The van der Waals surface area contributed by atoms with E-state index in [1.165, 1.54) is 0 Å². The van der Waals surface area contributed by atoms with Crippen LogP contribution in [0, 0.1) is 6.92 Å². The van der Waals surface area contributed by atoms with Crippen molar-refractivity contribution in [3.63, 3.8) is 0 Å². The summed E-state index contributed by atoms with van der Waals surface area (Å²) in [7, 11) is 0. The lowest BCUT2D eigenvalue weighted by molar-refractivity contribution is -0.122. The molecule has 1 atom stereocenters. The maximum atomic E-state index is 12.6. The van der Waals surface area contributed by atoms with Gasteiger partial charge in [-0.3, -0.25) is 9.48 Å². The van der Waals surface area contributed by atoms with E-state index in [2.05, 4.69) is 10.4 Å². The van der Waals surface area contributed by atoms with Crippen molar-refractivity contribution in [2.24, 2.45) is 0 Å². The molecule has 0 aliphatic rings. The summed E-state index contributed by atoms with van der Waals surface area (Å²) in [5.41, 5.74) is 2.04. The van der Waals surface area contributed by atoms with Crippen molar-refractivity contribution < 1.29 is 9.53 Å². The second-order valence-corrected chi connectivity index (χ2v) is 6.71. The van der Waals surface area contributed by atoms with E-state index in [1.807, 2.05) is 79.2 Å². The van der Waals surface area contributed by atoms with Crippen LogP contribution in [-0.2, 0) is 11.3 Å². The van der Waals surface area contributed by atoms with E-state index in [9.17, 15) is 4.79 Å². The summed E-state index contributed by atoms with van der Waals surface area (Å²) in [5, 5.41) is 8.04. The zero-order valence-electron chi connectivity index (χ0n) is 15.4. The standard InChI is InChI=1S/C21H22ClN3O2/c1-3-19(27-18-7-5-4-6-8-18)21(26)23-20-13-15(2)25(24-20)14-16-9-11-17(22)12-10-16/h4-13,19H,3,14H2,1-2H3,(H,23,24,26)/t19-/m0/s1. The molecule has 5 nitrogen and oxygen atoms in total. The molecule has 0 fully saturated rings. The van der Waals surface area contributed by atoms with Gasteiger partial charge in [0.1, 0.15) is 5.75 Å². The van der Waals surface area contributed by atoms with Gasteiger partial charge in [-0.15, -0.1) is 0 Å². The van der Waals surface area contributed by atoms with Gasteiger partial charge in [-0.2, -0.15) is 5.10 Å². The molecule has 0 spiro atoms. The summed E-state index contributed by atoms with van der Waals surface area (Å²) in [6.07, 6.45) is -0.0142. The number of halogens is 1. The minimum Gasteiger partial charge on any atom is -0.481 e. The SMILES string of the molecule is CC[C@H](Oc1ccccc1)C(=O)Nc1cc(C)n(Cc2ccc(Cl)cc2)n1. The molecule has 27 heavy (non-hydrogen) atoms. The summed E-state index contributed by atoms with van der Waals surface area (Å²) in [6.45, 7) is 4.48. The average molecular weight is 384 g/mol. The number of carbonyl (C=O) groups is 1. The molecule has 6 heteroatoms. The third kappa shape index (κ3) is 5.11. The van der Waals surface area contributed by atoms with Crippen molar-refractivity contribution in [1.29, 1.82) is 0 Å². The summed E-state index contributed by atoms with van der Waals surface area (Å²) in [4.78, 5) is 12.6. The van der Waals surface area contributed by atoms with Crippen LogP contribution in [0.4, 0.5) is 5.82 Å². The molecule has 0 bridgehead atoms. The number of anilines is 1. The highest BCUT2D eigenvalue weighted by Gasteiger charge is 2.20. The third-order valence-electron chi connectivity index (χ3n) is 4.16. The van der Waals surface area contributed by atoms with Crippen molar-refractivity contribution in [3.8, 4) is 5.75 Å². The van der Waals surface area contributed by atoms with Crippen LogP contribution in [0.1, 0.15) is 24.6 Å². The van der Waals surface area contributed by atoms with Gasteiger partial charge >= 0.3 is 0 Å². The van der Waals surface area contributed by atoms with Gasteiger partial charge in [0.15, 0.2) is 11.9 Å². The summed E-state index contributed by atoms with van der Waals surface area (Å²) >= 11 is 5.93. The van der Waals surface area contributed by atoms with Crippen LogP contribution in [-0.4, -0.2) is 21.8 Å². The highest BCUT2D eigenvalue weighted by atomic mass is 35.5. The van der Waals surface area contributed by atoms with Gasteiger partial charge in [0.05, 0.1) is 6.54 Å². The Kier molecular flexibility index (Phi) is 6.14. The zero-order valence-corrected chi connectivity index (χ0v) is 16.1. The van der Waals surface area contributed by atoms with Crippen molar-refractivity contribution in [3.05, 3.63) is 76.9 Å². The minimum atomic E-state index is -0.575. The number of benzene rings is 2. The third-order valence-corrected chi connectivity index (χ3v) is 4.41. The number of rotatable bonds is 7. The molecule has 0 unspecified atom stereocenters. The molecule has 140 valence electrons. The molecule has 1 amide bonds. The van der Waals surface area contributed by atoms with E-state index in [0.717, 1.165) is 11.3 Å². The average Bonchev–Trinajstić information content (AvgIpc) is 3.01. The predicted octanol–water partition coefficient (Wildman–Crippen LogP) is 4.69.